The summed E-state index contributed by atoms with van der Waals surface area (Å²) in [6.45, 7) is 0.714. The topological polar surface area (TPSA) is 44.2 Å². The van der Waals surface area contributed by atoms with E-state index in [1.165, 1.54) is 5.56 Å². The molecule has 0 amide bonds. The number of alkyl halides is 1. The van der Waals surface area contributed by atoms with Gasteiger partial charge in [-0.3, -0.25) is 0 Å². The van der Waals surface area contributed by atoms with Crippen molar-refractivity contribution in [1.29, 1.82) is 0 Å². The van der Waals surface area contributed by atoms with Crippen molar-refractivity contribution in [1.82, 2.24) is 10.2 Å². The molecule has 1 heterocycles. The molecule has 0 fully saturated rings. The molecule has 0 atom stereocenters. The minimum atomic E-state index is 0.349. The number of methoxy groups -OCH3 is 1. The van der Waals surface area contributed by atoms with Crippen LogP contribution in [0.25, 0.3) is 0 Å². The molecule has 0 bridgehead atoms. The lowest BCUT2D eigenvalue weighted by Crippen LogP contribution is -1.95. The van der Waals surface area contributed by atoms with Crippen molar-refractivity contribution in [2.45, 2.75) is 12.3 Å². The third-order valence-corrected chi connectivity index (χ3v) is 2.85. The van der Waals surface area contributed by atoms with Gasteiger partial charge in [-0.15, -0.1) is 16.7 Å². The standard InChI is InChI=1S/C14H15ClN2O2/c1-18-9-8-11-2-5-13(6-3-11)19-14-7-4-12(10-15)16-17-14/h2-7H,8-10H2,1H3. The van der Waals surface area contributed by atoms with Crippen LogP contribution >= 0.6 is 11.6 Å². The van der Waals surface area contributed by atoms with Crippen molar-refractivity contribution in [3.05, 3.63) is 47.7 Å². The fourth-order valence-corrected chi connectivity index (χ4v) is 1.68. The summed E-state index contributed by atoms with van der Waals surface area (Å²) < 4.78 is 10.6. The molecule has 2 rings (SSSR count). The molecular weight excluding hydrogens is 264 g/mol. The average Bonchev–Trinajstić information content (AvgIpc) is 2.47. The Hall–Kier alpha value is -1.65. The number of rotatable bonds is 6. The highest BCUT2D eigenvalue weighted by molar-refractivity contribution is 6.16. The Labute approximate surface area is 117 Å². The first-order valence-corrected chi connectivity index (χ1v) is 6.49. The predicted molar refractivity (Wildman–Crippen MR) is 73.7 cm³/mol. The first-order valence-electron chi connectivity index (χ1n) is 5.96. The minimum absolute atomic E-state index is 0.349. The minimum Gasteiger partial charge on any atom is -0.438 e. The molecule has 100 valence electrons. The number of nitrogens with zero attached hydrogens (tertiary/aromatic N) is 2. The Morgan fingerprint density at radius 1 is 1.05 bits per heavy atom. The second-order valence-electron chi connectivity index (χ2n) is 3.99. The van der Waals surface area contributed by atoms with Gasteiger partial charge in [0, 0.05) is 13.2 Å². The van der Waals surface area contributed by atoms with Crippen molar-refractivity contribution in [3.63, 3.8) is 0 Å². The van der Waals surface area contributed by atoms with Gasteiger partial charge in [-0.1, -0.05) is 12.1 Å². The quantitative estimate of drug-likeness (QED) is 0.761. The van der Waals surface area contributed by atoms with E-state index in [0.717, 1.165) is 17.9 Å². The van der Waals surface area contributed by atoms with Crippen molar-refractivity contribution in [2.75, 3.05) is 13.7 Å². The van der Waals surface area contributed by atoms with E-state index < -0.39 is 0 Å². The molecule has 0 saturated carbocycles. The van der Waals surface area contributed by atoms with E-state index in [1.807, 2.05) is 24.3 Å². The summed E-state index contributed by atoms with van der Waals surface area (Å²) >= 11 is 5.64. The molecule has 0 unspecified atom stereocenters. The number of ether oxygens (including phenoxy) is 2. The fraction of sp³-hybridized carbons (Fsp3) is 0.286. The second kappa shape index (κ2) is 7.07. The third-order valence-electron chi connectivity index (χ3n) is 2.57. The van der Waals surface area contributed by atoms with Gasteiger partial charge in [0.05, 0.1) is 18.2 Å². The van der Waals surface area contributed by atoms with Crippen LogP contribution in [0.2, 0.25) is 0 Å². The molecule has 0 radical (unpaired) electrons. The second-order valence-corrected chi connectivity index (χ2v) is 4.25. The van der Waals surface area contributed by atoms with Gasteiger partial charge in [-0.25, -0.2) is 0 Å². The first-order chi connectivity index (χ1) is 9.31. The molecule has 0 aliphatic rings. The van der Waals surface area contributed by atoms with Crippen molar-refractivity contribution in [2.24, 2.45) is 0 Å². The van der Waals surface area contributed by atoms with Crippen molar-refractivity contribution in [3.8, 4) is 11.6 Å². The summed E-state index contributed by atoms with van der Waals surface area (Å²) in [5.74, 6) is 1.54. The van der Waals surface area contributed by atoms with Gasteiger partial charge in [0.15, 0.2) is 0 Å². The molecule has 0 aliphatic heterocycles. The molecule has 2 aromatic rings. The Bertz CT molecular complexity index is 500. The lowest BCUT2D eigenvalue weighted by molar-refractivity contribution is 0.202. The highest BCUT2D eigenvalue weighted by Gasteiger charge is 2.01. The summed E-state index contributed by atoms with van der Waals surface area (Å²) in [4.78, 5) is 0. The fourth-order valence-electron chi connectivity index (χ4n) is 1.54. The van der Waals surface area contributed by atoms with E-state index in [0.29, 0.717) is 18.4 Å². The van der Waals surface area contributed by atoms with E-state index in [4.69, 9.17) is 21.1 Å². The molecule has 0 aliphatic carbocycles. The first kappa shape index (κ1) is 13.8. The summed E-state index contributed by atoms with van der Waals surface area (Å²) in [5, 5.41) is 7.87. The van der Waals surface area contributed by atoms with Crippen LogP contribution in [-0.4, -0.2) is 23.9 Å². The number of halogens is 1. The van der Waals surface area contributed by atoms with Crippen molar-refractivity contribution < 1.29 is 9.47 Å². The van der Waals surface area contributed by atoms with Crippen LogP contribution in [0.15, 0.2) is 36.4 Å². The van der Waals surface area contributed by atoms with Crippen LogP contribution in [0.3, 0.4) is 0 Å². The normalized spacial score (nSPS) is 10.4. The van der Waals surface area contributed by atoms with Gasteiger partial charge in [-0.05, 0) is 30.2 Å². The van der Waals surface area contributed by atoms with Gasteiger partial charge in [0.1, 0.15) is 5.75 Å². The van der Waals surface area contributed by atoms with Gasteiger partial charge >= 0.3 is 0 Å². The molecule has 5 heteroatoms. The Morgan fingerprint density at radius 2 is 1.84 bits per heavy atom. The highest BCUT2D eigenvalue weighted by atomic mass is 35.5. The Morgan fingerprint density at radius 3 is 2.42 bits per heavy atom. The predicted octanol–water partition coefficient (Wildman–Crippen LogP) is 3.20. The Balaban J connectivity index is 1.98. The van der Waals surface area contributed by atoms with E-state index in [1.54, 1.807) is 19.2 Å². The molecule has 1 aromatic carbocycles. The summed E-state index contributed by atoms with van der Waals surface area (Å²) in [6.07, 6.45) is 0.890. The SMILES string of the molecule is COCCc1ccc(Oc2ccc(CCl)nn2)cc1. The average molecular weight is 279 g/mol. The molecule has 0 spiro atoms. The van der Waals surface area contributed by atoms with Crippen LogP contribution in [0.1, 0.15) is 11.3 Å². The molecule has 1 aromatic heterocycles. The maximum atomic E-state index is 5.64. The number of benzene rings is 1. The smallest absolute Gasteiger partial charge is 0.238 e. The zero-order chi connectivity index (χ0) is 13.5. The van der Waals surface area contributed by atoms with Crippen LogP contribution in [-0.2, 0) is 17.0 Å². The largest absolute Gasteiger partial charge is 0.438 e. The van der Waals surface area contributed by atoms with Crippen LogP contribution in [0, 0.1) is 0 Å². The molecule has 0 N–H and O–H groups in total. The van der Waals surface area contributed by atoms with E-state index in [2.05, 4.69) is 10.2 Å². The number of aromatic nitrogens is 2. The monoisotopic (exact) mass is 278 g/mol. The lowest BCUT2D eigenvalue weighted by atomic mass is 10.1. The van der Waals surface area contributed by atoms with E-state index in [9.17, 15) is 0 Å². The van der Waals surface area contributed by atoms with Crippen LogP contribution < -0.4 is 4.74 Å². The van der Waals surface area contributed by atoms with Gasteiger partial charge in [-0.2, -0.15) is 5.10 Å². The van der Waals surface area contributed by atoms with E-state index in [-0.39, 0.29) is 0 Å². The summed E-state index contributed by atoms with van der Waals surface area (Å²) in [5.41, 5.74) is 1.93. The Kier molecular flexibility index (Phi) is 5.12. The highest BCUT2D eigenvalue weighted by Crippen LogP contribution is 2.19. The van der Waals surface area contributed by atoms with Gasteiger partial charge in [0.2, 0.25) is 5.88 Å². The van der Waals surface area contributed by atoms with Crippen LogP contribution in [0.5, 0.6) is 11.6 Å². The zero-order valence-corrected chi connectivity index (χ0v) is 11.4. The number of hydrogen-bond acceptors (Lipinski definition) is 4. The zero-order valence-electron chi connectivity index (χ0n) is 10.7. The third kappa shape index (κ3) is 4.19. The summed E-state index contributed by atoms with van der Waals surface area (Å²) in [7, 11) is 1.70. The van der Waals surface area contributed by atoms with Crippen LogP contribution in [0.4, 0.5) is 0 Å². The lowest BCUT2D eigenvalue weighted by Gasteiger charge is -2.05. The summed E-state index contributed by atoms with van der Waals surface area (Å²) in [6, 6.07) is 11.4. The molecule has 19 heavy (non-hydrogen) atoms. The molecular formula is C14H15ClN2O2. The maximum absolute atomic E-state index is 5.64. The van der Waals surface area contributed by atoms with E-state index >= 15 is 0 Å². The van der Waals surface area contributed by atoms with Gasteiger partial charge < -0.3 is 9.47 Å². The van der Waals surface area contributed by atoms with Gasteiger partial charge in [0.25, 0.3) is 0 Å². The molecule has 4 nitrogen and oxygen atoms in total. The van der Waals surface area contributed by atoms with Crippen molar-refractivity contribution >= 4 is 11.6 Å². The maximum Gasteiger partial charge on any atom is 0.238 e. The number of hydrogen-bond donors (Lipinski definition) is 0. The molecule has 0 saturated heterocycles.